The monoisotopic (exact) mass is 153 g/mol. The highest BCUT2D eigenvalue weighted by Gasteiger charge is 2.08. The normalized spacial score (nSPS) is 10.5. The summed E-state index contributed by atoms with van der Waals surface area (Å²) in [6, 6.07) is 1.48. The average molecular weight is 153 g/mol. The maximum Gasteiger partial charge on any atom is 0.255 e. The summed E-state index contributed by atoms with van der Waals surface area (Å²) in [5.41, 5.74) is 0.243. The molecule has 0 radical (unpaired) electrons. The molecule has 0 saturated heterocycles. The maximum absolute atomic E-state index is 11.1. The Bertz CT molecular complexity index is 301. The molecule has 0 bridgehead atoms. The molecule has 3 nitrogen and oxygen atoms in total. The van der Waals surface area contributed by atoms with Crippen molar-refractivity contribution in [2.45, 2.75) is 19.8 Å². The molecule has 1 aromatic rings. The lowest BCUT2D eigenvalue weighted by molar-refractivity contribution is 0.462. The molecule has 0 aromatic carbocycles. The van der Waals surface area contributed by atoms with Crippen molar-refractivity contribution in [3.8, 4) is 5.75 Å². The second kappa shape index (κ2) is 2.78. The lowest BCUT2D eigenvalue weighted by Gasteiger charge is -2.04. The molecule has 0 fully saturated rings. The van der Waals surface area contributed by atoms with E-state index in [-0.39, 0.29) is 17.2 Å². The molecular formula is C8H11NO2. The van der Waals surface area contributed by atoms with Crippen molar-refractivity contribution < 1.29 is 5.11 Å². The van der Waals surface area contributed by atoms with Crippen molar-refractivity contribution in [3.63, 3.8) is 0 Å². The van der Waals surface area contributed by atoms with Crippen molar-refractivity contribution in [3.05, 3.63) is 28.2 Å². The Balaban J connectivity index is 3.33. The van der Waals surface area contributed by atoms with Crippen LogP contribution in [0.4, 0.5) is 0 Å². The van der Waals surface area contributed by atoms with Crippen molar-refractivity contribution in [2.24, 2.45) is 0 Å². The third-order valence-electron chi connectivity index (χ3n) is 1.55. The second-order valence-corrected chi connectivity index (χ2v) is 2.76. The van der Waals surface area contributed by atoms with Gasteiger partial charge in [0.15, 0.2) is 0 Å². The zero-order valence-corrected chi connectivity index (χ0v) is 6.59. The van der Waals surface area contributed by atoms with Gasteiger partial charge in [0.1, 0.15) is 5.75 Å². The Morgan fingerprint density at radius 3 is 2.55 bits per heavy atom. The standard InChI is InChI=1S/C8H11NO2/c1-5(2)7-6(10)3-4-9-8(7)11/h3-5H,1-2H3,(H2,9,10,11). The number of rotatable bonds is 1. The van der Waals surface area contributed by atoms with E-state index in [0.717, 1.165) is 0 Å². The maximum atomic E-state index is 11.1. The van der Waals surface area contributed by atoms with Gasteiger partial charge < -0.3 is 10.1 Å². The Morgan fingerprint density at radius 1 is 1.55 bits per heavy atom. The predicted octanol–water partition coefficient (Wildman–Crippen LogP) is 1.20. The summed E-state index contributed by atoms with van der Waals surface area (Å²) in [5.74, 6) is 0.128. The van der Waals surface area contributed by atoms with Crippen LogP contribution in [0.5, 0.6) is 5.75 Å². The number of aromatic amines is 1. The van der Waals surface area contributed by atoms with Crippen LogP contribution in [0.25, 0.3) is 0 Å². The van der Waals surface area contributed by atoms with Crippen LogP contribution in [-0.2, 0) is 0 Å². The van der Waals surface area contributed by atoms with Crippen LogP contribution in [0.3, 0.4) is 0 Å². The Hall–Kier alpha value is -1.25. The summed E-state index contributed by atoms with van der Waals surface area (Å²) in [7, 11) is 0. The quantitative estimate of drug-likeness (QED) is 0.637. The topological polar surface area (TPSA) is 53.1 Å². The molecule has 0 atom stereocenters. The van der Waals surface area contributed by atoms with Gasteiger partial charge in [-0.1, -0.05) is 13.8 Å². The van der Waals surface area contributed by atoms with Crippen LogP contribution in [-0.4, -0.2) is 10.1 Å². The van der Waals surface area contributed by atoms with Crippen LogP contribution < -0.4 is 5.56 Å². The summed E-state index contributed by atoms with van der Waals surface area (Å²) in [6.07, 6.45) is 1.43. The Kier molecular flexibility index (Phi) is 1.98. The zero-order chi connectivity index (χ0) is 8.43. The summed E-state index contributed by atoms with van der Waals surface area (Å²) in [5, 5.41) is 9.24. The summed E-state index contributed by atoms with van der Waals surface area (Å²) < 4.78 is 0. The van der Waals surface area contributed by atoms with E-state index < -0.39 is 0 Å². The number of aromatic nitrogens is 1. The van der Waals surface area contributed by atoms with Gasteiger partial charge in [-0.2, -0.15) is 0 Å². The van der Waals surface area contributed by atoms with Crippen molar-refractivity contribution in [1.29, 1.82) is 0 Å². The third kappa shape index (κ3) is 1.42. The van der Waals surface area contributed by atoms with Gasteiger partial charge >= 0.3 is 0 Å². The molecule has 0 amide bonds. The molecule has 60 valence electrons. The highest BCUT2D eigenvalue weighted by Crippen LogP contribution is 2.19. The van der Waals surface area contributed by atoms with Crippen molar-refractivity contribution in [2.75, 3.05) is 0 Å². The number of hydrogen-bond acceptors (Lipinski definition) is 2. The molecule has 0 spiro atoms. The summed E-state index contributed by atoms with van der Waals surface area (Å²) in [4.78, 5) is 13.6. The fourth-order valence-electron chi connectivity index (χ4n) is 1.04. The van der Waals surface area contributed by atoms with E-state index in [1.54, 1.807) is 0 Å². The highest BCUT2D eigenvalue weighted by molar-refractivity contribution is 5.30. The van der Waals surface area contributed by atoms with Gasteiger partial charge in [-0.3, -0.25) is 4.79 Å². The van der Waals surface area contributed by atoms with Crippen LogP contribution in [0, 0.1) is 0 Å². The fraction of sp³-hybridized carbons (Fsp3) is 0.375. The van der Waals surface area contributed by atoms with E-state index in [1.807, 2.05) is 13.8 Å². The second-order valence-electron chi connectivity index (χ2n) is 2.76. The van der Waals surface area contributed by atoms with Crippen LogP contribution >= 0.6 is 0 Å². The Labute approximate surface area is 64.7 Å². The first-order valence-electron chi connectivity index (χ1n) is 3.53. The number of aromatic hydroxyl groups is 1. The summed E-state index contributed by atoms with van der Waals surface area (Å²) >= 11 is 0. The molecule has 1 aromatic heterocycles. The third-order valence-corrected chi connectivity index (χ3v) is 1.55. The lowest BCUT2D eigenvalue weighted by Crippen LogP contribution is -2.12. The zero-order valence-electron chi connectivity index (χ0n) is 6.59. The molecular weight excluding hydrogens is 142 g/mol. The number of hydrogen-bond donors (Lipinski definition) is 2. The average Bonchev–Trinajstić information content (AvgIpc) is 1.85. The fourth-order valence-corrected chi connectivity index (χ4v) is 1.04. The van der Waals surface area contributed by atoms with E-state index in [9.17, 15) is 9.90 Å². The van der Waals surface area contributed by atoms with Crippen molar-refractivity contribution >= 4 is 0 Å². The van der Waals surface area contributed by atoms with Crippen LogP contribution in [0.15, 0.2) is 17.1 Å². The van der Waals surface area contributed by atoms with E-state index in [2.05, 4.69) is 4.98 Å². The minimum Gasteiger partial charge on any atom is -0.507 e. The molecule has 0 saturated carbocycles. The molecule has 0 aliphatic heterocycles. The molecule has 1 rings (SSSR count). The Morgan fingerprint density at radius 2 is 2.18 bits per heavy atom. The number of pyridine rings is 1. The first-order chi connectivity index (χ1) is 5.13. The van der Waals surface area contributed by atoms with Crippen LogP contribution in [0.2, 0.25) is 0 Å². The number of nitrogens with one attached hydrogen (secondary N) is 1. The molecule has 3 heteroatoms. The summed E-state index contributed by atoms with van der Waals surface area (Å²) in [6.45, 7) is 3.73. The van der Waals surface area contributed by atoms with E-state index in [0.29, 0.717) is 5.56 Å². The molecule has 0 unspecified atom stereocenters. The predicted molar refractivity (Wildman–Crippen MR) is 42.8 cm³/mol. The number of H-pyrrole nitrogens is 1. The van der Waals surface area contributed by atoms with E-state index in [1.165, 1.54) is 12.3 Å². The molecule has 2 N–H and O–H groups in total. The first-order valence-corrected chi connectivity index (χ1v) is 3.53. The van der Waals surface area contributed by atoms with E-state index >= 15 is 0 Å². The molecule has 1 heterocycles. The van der Waals surface area contributed by atoms with Gasteiger partial charge in [-0.25, -0.2) is 0 Å². The molecule has 11 heavy (non-hydrogen) atoms. The van der Waals surface area contributed by atoms with Gasteiger partial charge in [0.2, 0.25) is 0 Å². The largest absolute Gasteiger partial charge is 0.507 e. The van der Waals surface area contributed by atoms with Gasteiger partial charge in [0.05, 0.1) is 5.56 Å². The van der Waals surface area contributed by atoms with Gasteiger partial charge in [-0.05, 0) is 12.0 Å². The minimum atomic E-state index is -0.208. The molecule has 0 aliphatic carbocycles. The van der Waals surface area contributed by atoms with Gasteiger partial charge in [-0.15, -0.1) is 0 Å². The first kappa shape index (κ1) is 7.85. The van der Waals surface area contributed by atoms with Crippen molar-refractivity contribution in [1.82, 2.24) is 4.98 Å². The van der Waals surface area contributed by atoms with Gasteiger partial charge in [0.25, 0.3) is 5.56 Å². The molecule has 0 aliphatic rings. The smallest absolute Gasteiger partial charge is 0.255 e. The van der Waals surface area contributed by atoms with E-state index in [4.69, 9.17) is 0 Å². The van der Waals surface area contributed by atoms with Gasteiger partial charge in [0, 0.05) is 6.20 Å². The lowest BCUT2D eigenvalue weighted by atomic mass is 10.0. The van der Waals surface area contributed by atoms with Crippen LogP contribution in [0.1, 0.15) is 25.3 Å². The minimum absolute atomic E-state index is 0.0555. The highest BCUT2D eigenvalue weighted by atomic mass is 16.3. The SMILES string of the molecule is CC(C)c1c(O)cc[nH]c1=O.